The summed E-state index contributed by atoms with van der Waals surface area (Å²) in [7, 11) is 0. The number of ether oxygens (including phenoxy) is 1. The number of thioether (sulfide) groups is 1. The van der Waals surface area contributed by atoms with Crippen molar-refractivity contribution in [2.45, 2.75) is 4.90 Å². The van der Waals surface area contributed by atoms with Crippen LogP contribution in [0, 0.1) is 0 Å². The van der Waals surface area contributed by atoms with Crippen LogP contribution in [0.1, 0.15) is 4.88 Å². The van der Waals surface area contributed by atoms with Gasteiger partial charge in [0.1, 0.15) is 17.1 Å². The number of rotatable bonds is 7. The molecule has 1 aliphatic heterocycles. The standard InChI is InChI=1S/C23H16N2O5S3/c26-20(27)13-33-18-10-11-32-19(18)12-17-21(28)24-23(31)25(22(17)29)14-6-8-16(9-7-14)30-15-4-2-1-3-5-15/h1-12H,13H2,(H,26,27)(H,24,28,31)/b17-12+. The first kappa shape index (κ1) is 22.7. The van der Waals surface area contributed by atoms with E-state index in [0.717, 1.165) is 11.8 Å². The SMILES string of the molecule is O=C(O)CSc1ccsc1/C=C1\C(=O)NC(=S)N(c2ccc(Oc3ccccc3)cc2)C1=O. The second-order valence-corrected chi connectivity index (χ2v) is 9.05. The molecule has 2 aromatic carbocycles. The average Bonchev–Trinajstić information content (AvgIpc) is 3.24. The smallest absolute Gasteiger partial charge is 0.313 e. The van der Waals surface area contributed by atoms with E-state index in [4.69, 9.17) is 22.1 Å². The van der Waals surface area contributed by atoms with Crippen LogP contribution in [0.3, 0.4) is 0 Å². The van der Waals surface area contributed by atoms with E-state index in [1.807, 2.05) is 30.3 Å². The highest BCUT2D eigenvalue weighted by Crippen LogP contribution is 2.31. The van der Waals surface area contributed by atoms with Gasteiger partial charge in [-0.05, 0) is 66.1 Å². The fraction of sp³-hybridized carbons (Fsp3) is 0.0435. The fourth-order valence-corrected chi connectivity index (χ4v) is 5.04. The molecule has 3 aromatic rings. The second kappa shape index (κ2) is 9.99. The van der Waals surface area contributed by atoms with Crippen molar-refractivity contribution >= 4 is 70.0 Å². The van der Waals surface area contributed by atoms with E-state index >= 15 is 0 Å². The van der Waals surface area contributed by atoms with Crippen molar-refractivity contribution in [2.24, 2.45) is 0 Å². The lowest BCUT2D eigenvalue weighted by atomic mass is 10.1. The molecular formula is C23H16N2O5S3. The first-order valence-electron chi connectivity index (χ1n) is 9.59. The van der Waals surface area contributed by atoms with Gasteiger partial charge < -0.3 is 9.84 Å². The third-order valence-electron chi connectivity index (χ3n) is 4.46. The number of para-hydroxylation sites is 1. The van der Waals surface area contributed by atoms with Crippen LogP contribution >= 0.6 is 35.3 Å². The Morgan fingerprint density at radius 3 is 2.48 bits per heavy atom. The van der Waals surface area contributed by atoms with E-state index < -0.39 is 17.8 Å². The Morgan fingerprint density at radius 2 is 1.79 bits per heavy atom. The van der Waals surface area contributed by atoms with Crippen molar-refractivity contribution in [3.8, 4) is 11.5 Å². The average molecular weight is 497 g/mol. The Labute approximate surface area is 202 Å². The first-order chi connectivity index (χ1) is 15.9. The normalized spacial score (nSPS) is 15.0. The molecule has 0 unspecified atom stereocenters. The van der Waals surface area contributed by atoms with Crippen LogP contribution in [0.15, 0.2) is 76.5 Å². The van der Waals surface area contributed by atoms with E-state index in [0.29, 0.717) is 27.0 Å². The maximum atomic E-state index is 13.2. The molecular weight excluding hydrogens is 480 g/mol. The predicted octanol–water partition coefficient (Wildman–Crippen LogP) is 4.55. The number of carbonyl (C=O) groups is 3. The summed E-state index contributed by atoms with van der Waals surface area (Å²) in [4.78, 5) is 39.2. The Bertz CT molecular complexity index is 1250. The van der Waals surface area contributed by atoms with Gasteiger partial charge in [-0.1, -0.05) is 18.2 Å². The quantitative estimate of drug-likeness (QED) is 0.214. The minimum Gasteiger partial charge on any atom is -0.481 e. The van der Waals surface area contributed by atoms with Gasteiger partial charge in [-0.2, -0.15) is 0 Å². The maximum Gasteiger partial charge on any atom is 0.313 e. The molecule has 0 bridgehead atoms. The lowest BCUT2D eigenvalue weighted by Crippen LogP contribution is -2.54. The van der Waals surface area contributed by atoms with Gasteiger partial charge >= 0.3 is 5.97 Å². The van der Waals surface area contributed by atoms with E-state index in [1.165, 1.54) is 22.3 Å². The molecule has 0 spiro atoms. The molecule has 2 N–H and O–H groups in total. The highest BCUT2D eigenvalue weighted by molar-refractivity contribution is 8.00. The summed E-state index contributed by atoms with van der Waals surface area (Å²) in [5.74, 6) is -0.984. The molecule has 1 fully saturated rings. The number of benzene rings is 2. The Morgan fingerprint density at radius 1 is 1.09 bits per heavy atom. The van der Waals surface area contributed by atoms with E-state index in [9.17, 15) is 14.4 Å². The lowest BCUT2D eigenvalue weighted by Gasteiger charge is -2.29. The topological polar surface area (TPSA) is 95.9 Å². The predicted molar refractivity (Wildman–Crippen MR) is 132 cm³/mol. The molecule has 4 rings (SSSR count). The van der Waals surface area contributed by atoms with Gasteiger partial charge in [0.15, 0.2) is 5.11 Å². The summed E-state index contributed by atoms with van der Waals surface area (Å²) in [5.41, 5.74) is 0.385. The zero-order valence-corrected chi connectivity index (χ0v) is 19.3. The van der Waals surface area contributed by atoms with Crippen LogP contribution in [-0.4, -0.2) is 33.8 Å². The maximum absolute atomic E-state index is 13.2. The van der Waals surface area contributed by atoms with Gasteiger partial charge in [-0.15, -0.1) is 23.1 Å². The molecule has 2 amide bonds. The molecule has 1 aromatic heterocycles. The molecule has 0 aliphatic carbocycles. The summed E-state index contributed by atoms with van der Waals surface area (Å²) in [6.45, 7) is 0. The molecule has 166 valence electrons. The Kier molecular flexibility index (Phi) is 6.87. The van der Waals surface area contributed by atoms with Crippen LogP contribution in [0.4, 0.5) is 5.69 Å². The molecule has 2 heterocycles. The number of anilines is 1. The summed E-state index contributed by atoms with van der Waals surface area (Å²) >= 11 is 7.68. The number of thiocarbonyl (C=S) groups is 1. The van der Waals surface area contributed by atoms with Crippen LogP contribution in [-0.2, 0) is 14.4 Å². The molecule has 0 radical (unpaired) electrons. The largest absolute Gasteiger partial charge is 0.481 e. The first-order valence-corrected chi connectivity index (χ1v) is 11.9. The number of carboxylic acids is 1. The number of nitrogens with zero attached hydrogens (tertiary/aromatic N) is 1. The molecule has 0 saturated carbocycles. The number of aliphatic carboxylic acids is 1. The van der Waals surface area contributed by atoms with Gasteiger partial charge in [0.25, 0.3) is 11.8 Å². The van der Waals surface area contributed by atoms with Crippen LogP contribution in [0.5, 0.6) is 11.5 Å². The highest BCUT2D eigenvalue weighted by Gasteiger charge is 2.34. The zero-order chi connectivity index (χ0) is 23.4. The van der Waals surface area contributed by atoms with Crippen molar-refractivity contribution in [1.29, 1.82) is 0 Å². The minimum absolute atomic E-state index is 0.0227. The second-order valence-electron chi connectivity index (χ2n) is 6.70. The lowest BCUT2D eigenvalue weighted by molar-refractivity contribution is -0.134. The fourth-order valence-electron chi connectivity index (χ4n) is 2.98. The number of thiophene rings is 1. The number of carbonyl (C=O) groups excluding carboxylic acids is 2. The van der Waals surface area contributed by atoms with Crippen molar-refractivity contribution in [3.05, 3.63) is 76.5 Å². The third-order valence-corrected chi connectivity index (χ3v) is 6.80. The zero-order valence-electron chi connectivity index (χ0n) is 16.9. The monoisotopic (exact) mass is 496 g/mol. The van der Waals surface area contributed by atoms with E-state index in [-0.39, 0.29) is 16.4 Å². The van der Waals surface area contributed by atoms with Crippen LogP contribution < -0.4 is 15.0 Å². The highest BCUT2D eigenvalue weighted by atomic mass is 32.2. The van der Waals surface area contributed by atoms with E-state index in [1.54, 1.807) is 35.7 Å². The minimum atomic E-state index is -0.951. The summed E-state index contributed by atoms with van der Waals surface area (Å²) in [6, 6.07) is 17.8. The summed E-state index contributed by atoms with van der Waals surface area (Å²) < 4.78 is 5.78. The number of nitrogens with one attached hydrogen (secondary N) is 1. The number of hydrogen-bond acceptors (Lipinski definition) is 7. The summed E-state index contributed by atoms with van der Waals surface area (Å²) in [5, 5.41) is 13.2. The molecule has 1 saturated heterocycles. The molecule has 7 nitrogen and oxygen atoms in total. The van der Waals surface area contributed by atoms with Gasteiger partial charge in [-0.3, -0.25) is 24.6 Å². The molecule has 0 atom stereocenters. The van der Waals surface area contributed by atoms with Gasteiger partial charge in [0.05, 0.1) is 11.4 Å². The molecule has 10 heteroatoms. The molecule has 33 heavy (non-hydrogen) atoms. The van der Waals surface area contributed by atoms with E-state index in [2.05, 4.69) is 5.32 Å². The van der Waals surface area contributed by atoms with Gasteiger partial charge in [-0.25, -0.2) is 0 Å². The van der Waals surface area contributed by atoms with Crippen molar-refractivity contribution in [1.82, 2.24) is 5.32 Å². The van der Waals surface area contributed by atoms with Gasteiger partial charge in [0.2, 0.25) is 0 Å². The van der Waals surface area contributed by atoms with Crippen molar-refractivity contribution in [2.75, 3.05) is 10.7 Å². The third kappa shape index (κ3) is 5.30. The number of hydrogen-bond donors (Lipinski definition) is 2. The number of amides is 2. The Balaban J connectivity index is 1.57. The molecule has 1 aliphatic rings. The van der Waals surface area contributed by atoms with Crippen molar-refractivity contribution in [3.63, 3.8) is 0 Å². The van der Waals surface area contributed by atoms with Gasteiger partial charge in [0, 0.05) is 9.77 Å². The van der Waals surface area contributed by atoms with Crippen LogP contribution in [0.25, 0.3) is 6.08 Å². The number of carboxylic acid groups (broad SMARTS) is 1. The van der Waals surface area contributed by atoms with Crippen molar-refractivity contribution < 1.29 is 24.2 Å². The van der Waals surface area contributed by atoms with Crippen LogP contribution in [0.2, 0.25) is 0 Å². The summed E-state index contributed by atoms with van der Waals surface area (Å²) in [6.07, 6.45) is 1.47. The Hall–Kier alpha value is -3.47.